The number of aromatic carboxylic acids is 1. The van der Waals surface area contributed by atoms with Gasteiger partial charge in [-0.3, -0.25) is 0 Å². The molecule has 1 unspecified atom stereocenters. The van der Waals surface area contributed by atoms with E-state index in [0.717, 1.165) is 5.56 Å². The molecule has 0 spiro atoms. The SMILES string of the molecule is NC1COc2ccc(C(=O)O)cc21. The van der Waals surface area contributed by atoms with Crippen molar-refractivity contribution in [2.45, 2.75) is 6.04 Å². The minimum absolute atomic E-state index is 0.200. The average Bonchev–Trinajstić information content (AvgIpc) is 2.47. The predicted octanol–water partition coefficient (Wildman–Crippen LogP) is 0.777. The summed E-state index contributed by atoms with van der Waals surface area (Å²) in [5.41, 5.74) is 6.72. The number of fused-ring (bicyclic) bond motifs is 1. The number of ether oxygens (including phenoxy) is 1. The Balaban J connectivity index is 2.47. The summed E-state index contributed by atoms with van der Waals surface area (Å²) < 4.78 is 5.23. The molecule has 1 aromatic carbocycles. The molecule has 1 heterocycles. The van der Waals surface area contributed by atoms with Crippen molar-refractivity contribution in [1.82, 2.24) is 0 Å². The highest BCUT2D eigenvalue weighted by atomic mass is 16.5. The van der Waals surface area contributed by atoms with Gasteiger partial charge in [0.05, 0.1) is 11.6 Å². The largest absolute Gasteiger partial charge is 0.491 e. The van der Waals surface area contributed by atoms with Crippen molar-refractivity contribution in [2.24, 2.45) is 5.73 Å². The van der Waals surface area contributed by atoms with Gasteiger partial charge in [-0.15, -0.1) is 0 Å². The fourth-order valence-electron chi connectivity index (χ4n) is 1.37. The molecule has 0 amide bonds. The fraction of sp³-hybridized carbons (Fsp3) is 0.222. The van der Waals surface area contributed by atoms with Gasteiger partial charge in [0.2, 0.25) is 0 Å². The molecule has 0 aliphatic carbocycles. The van der Waals surface area contributed by atoms with E-state index in [2.05, 4.69) is 0 Å². The van der Waals surface area contributed by atoms with Gasteiger partial charge in [-0.05, 0) is 18.2 Å². The standard InChI is InChI=1S/C9H9NO3/c10-7-4-13-8-2-1-5(9(11)12)3-6(7)8/h1-3,7H,4,10H2,(H,11,12). The Morgan fingerprint density at radius 3 is 3.08 bits per heavy atom. The van der Waals surface area contributed by atoms with Crippen LogP contribution < -0.4 is 10.5 Å². The number of nitrogens with two attached hydrogens (primary N) is 1. The Bertz CT molecular complexity index is 362. The first-order valence-corrected chi connectivity index (χ1v) is 3.94. The molecule has 0 saturated carbocycles. The van der Waals surface area contributed by atoms with Crippen LogP contribution in [0.5, 0.6) is 5.75 Å². The number of carbonyl (C=O) groups is 1. The number of rotatable bonds is 1. The summed E-state index contributed by atoms with van der Waals surface area (Å²) in [6.45, 7) is 0.429. The van der Waals surface area contributed by atoms with Gasteiger partial charge < -0.3 is 15.6 Å². The summed E-state index contributed by atoms with van der Waals surface area (Å²) in [7, 11) is 0. The molecule has 13 heavy (non-hydrogen) atoms. The molecule has 68 valence electrons. The van der Waals surface area contributed by atoms with Crippen LogP contribution in [0.2, 0.25) is 0 Å². The molecule has 1 aliphatic rings. The summed E-state index contributed by atoms with van der Waals surface area (Å²) in [6.07, 6.45) is 0. The number of hydrogen-bond acceptors (Lipinski definition) is 3. The van der Waals surface area contributed by atoms with Crippen molar-refractivity contribution in [2.75, 3.05) is 6.61 Å². The van der Waals surface area contributed by atoms with E-state index < -0.39 is 5.97 Å². The van der Waals surface area contributed by atoms with Gasteiger partial charge in [-0.1, -0.05) is 0 Å². The van der Waals surface area contributed by atoms with Crippen LogP contribution in [0, 0.1) is 0 Å². The van der Waals surface area contributed by atoms with E-state index in [-0.39, 0.29) is 11.6 Å². The Hall–Kier alpha value is -1.55. The quantitative estimate of drug-likeness (QED) is 0.668. The van der Waals surface area contributed by atoms with E-state index in [4.69, 9.17) is 15.6 Å². The molecule has 4 nitrogen and oxygen atoms in total. The zero-order chi connectivity index (χ0) is 9.42. The number of carboxylic acid groups (broad SMARTS) is 1. The minimum atomic E-state index is -0.943. The van der Waals surface area contributed by atoms with Crippen LogP contribution in [-0.4, -0.2) is 17.7 Å². The van der Waals surface area contributed by atoms with Crippen molar-refractivity contribution in [3.63, 3.8) is 0 Å². The van der Waals surface area contributed by atoms with E-state index in [0.29, 0.717) is 12.4 Å². The third-order valence-corrected chi connectivity index (χ3v) is 2.07. The van der Waals surface area contributed by atoms with E-state index in [9.17, 15) is 4.79 Å². The zero-order valence-corrected chi connectivity index (χ0v) is 6.86. The van der Waals surface area contributed by atoms with Crippen LogP contribution >= 0.6 is 0 Å². The van der Waals surface area contributed by atoms with Crippen molar-refractivity contribution >= 4 is 5.97 Å². The normalized spacial score (nSPS) is 19.3. The maximum absolute atomic E-state index is 10.6. The Kier molecular flexibility index (Phi) is 1.70. The summed E-state index contributed by atoms with van der Waals surface area (Å²) in [5, 5.41) is 8.72. The lowest BCUT2D eigenvalue weighted by Gasteiger charge is -2.01. The van der Waals surface area contributed by atoms with Crippen molar-refractivity contribution in [1.29, 1.82) is 0 Å². The second kappa shape index (κ2) is 2.74. The molecule has 0 fully saturated rings. The van der Waals surface area contributed by atoms with Gasteiger partial charge in [-0.2, -0.15) is 0 Å². The Labute approximate surface area is 74.9 Å². The van der Waals surface area contributed by atoms with Crippen LogP contribution in [0.25, 0.3) is 0 Å². The number of benzene rings is 1. The summed E-state index contributed by atoms with van der Waals surface area (Å²) in [6, 6.07) is 4.52. The molecule has 1 aromatic rings. The molecule has 1 atom stereocenters. The van der Waals surface area contributed by atoms with Crippen LogP contribution in [-0.2, 0) is 0 Å². The van der Waals surface area contributed by atoms with E-state index in [1.807, 2.05) is 0 Å². The molecule has 1 aliphatic heterocycles. The third kappa shape index (κ3) is 1.25. The second-order valence-electron chi connectivity index (χ2n) is 2.98. The molecular formula is C9H9NO3. The number of carboxylic acids is 1. The molecule has 0 radical (unpaired) electrons. The Morgan fingerprint density at radius 1 is 1.62 bits per heavy atom. The van der Waals surface area contributed by atoms with E-state index in [1.165, 1.54) is 6.07 Å². The second-order valence-corrected chi connectivity index (χ2v) is 2.98. The lowest BCUT2D eigenvalue weighted by Crippen LogP contribution is -2.11. The average molecular weight is 179 g/mol. The van der Waals surface area contributed by atoms with Crippen molar-refractivity contribution < 1.29 is 14.6 Å². The fourth-order valence-corrected chi connectivity index (χ4v) is 1.37. The van der Waals surface area contributed by atoms with Gasteiger partial charge in [-0.25, -0.2) is 4.79 Å². The lowest BCUT2D eigenvalue weighted by atomic mass is 10.1. The van der Waals surface area contributed by atoms with Gasteiger partial charge >= 0.3 is 5.97 Å². The van der Waals surface area contributed by atoms with E-state index >= 15 is 0 Å². The topological polar surface area (TPSA) is 72.5 Å². The maximum atomic E-state index is 10.6. The molecule has 0 aromatic heterocycles. The lowest BCUT2D eigenvalue weighted by molar-refractivity contribution is 0.0697. The first-order chi connectivity index (χ1) is 6.18. The molecular weight excluding hydrogens is 170 g/mol. The van der Waals surface area contributed by atoms with Crippen LogP contribution in [0.3, 0.4) is 0 Å². The number of hydrogen-bond donors (Lipinski definition) is 2. The summed E-state index contributed by atoms with van der Waals surface area (Å²) in [5.74, 6) is -0.251. The van der Waals surface area contributed by atoms with Gasteiger partial charge in [0.15, 0.2) is 0 Å². The van der Waals surface area contributed by atoms with E-state index in [1.54, 1.807) is 12.1 Å². The van der Waals surface area contributed by atoms with Crippen molar-refractivity contribution in [3.05, 3.63) is 29.3 Å². The van der Waals surface area contributed by atoms with Crippen LogP contribution in [0.15, 0.2) is 18.2 Å². The zero-order valence-electron chi connectivity index (χ0n) is 6.86. The first kappa shape index (κ1) is 8.07. The summed E-state index contributed by atoms with van der Waals surface area (Å²) in [4.78, 5) is 10.6. The highest BCUT2D eigenvalue weighted by Gasteiger charge is 2.21. The van der Waals surface area contributed by atoms with Gasteiger partial charge in [0.1, 0.15) is 12.4 Å². The highest BCUT2D eigenvalue weighted by Crippen LogP contribution is 2.31. The molecule has 0 saturated heterocycles. The highest BCUT2D eigenvalue weighted by molar-refractivity contribution is 5.88. The first-order valence-electron chi connectivity index (χ1n) is 3.94. The molecule has 0 bridgehead atoms. The van der Waals surface area contributed by atoms with Gasteiger partial charge in [0, 0.05) is 5.56 Å². The molecule has 4 heteroatoms. The predicted molar refractivity (Wildman–Crippen MR) is 45.8 cm³/mol. The van der Waals surface area contributed by atoms with Crippen molar-refractivity contribution in [3.8, 4) is 5.75 Å². The van der Waals surface area contributed by atoms with Crippen LogP contribution in [0.1, 0.15) is 22.0 Å². The smallest absolute Gasteiger partial charge is 0.335 e. The Morgan fingerprint density at radius 2 is 2.38 bits per heavy atom. The summed E-state index contributed by atoms with van der Waals surface area (Å²) >= 11 is 0. The monoisotopic (exact) mass is 179 g/mol. The van der Waals surface area contributed by atoms with Crippen LogP contribution in [0.4, 0.5) is 0 Å². The third-order valence-electron chi connectivity index (χ3n) is 2.07. The maximum Gasteiger partial charge on any atom is 0.335 e. The molecule has 2 rings (SSSR count). The minimum Gasteiger partial charge on any atom is -0.491 e. The van der Waals surface area contributed by atoms with Gasteiger partial charge in [0.25, 0.3) is 0 Å². The molecule has 3 N–H and O–H groups in total.